The van der Waals surface area contributed by atoms with Crippen LogP contribution in [-0.2, 0) is 22.6 Å². The first kappa shape index (κ1) is 20.7. The van der Waals surface area contributed by atoms with E-state index in [2.05, 4.69) is 9.97 Å². The Kier molecular flexibility index (Phi) is 5.56. The first-order chi connectivity index (χ1) is 13.5. The number of nitrogens with zero attached hydrogens (tertiary/aromatic N) is 2. The fraction of sp³-hybridized carbons (Fsp3) is 0.158. The third kappa shape index (κ3) is 5.08. The summed E-state index contributed by atoms with van der Waals surface area (Å²) in [4.78, 5) is 7.42. The molecule has 0 saturated carbocycles. The van der Waals surface area contributed by atoms with Crippen LogP contribution in [0.1, 0.15) is 11.1 Å². The molecule has 0 aliphatic rings. The highest BCUT2D eigenvalue weighted by atomic mass is 32.2. The van der Waals surface area contributed by atoms with Crippen LogP contribution in [0.5, 0.6) is 6.01 Å². The van der Waals surface area contributed by atoms with Crippen LogP contribution in [0.25, 0.3) is 11.3 Å². The van der Waals surface area contributed by atoms with Crippen molar-refractivity contribution in [3.63, 3.8) is 0 Å². The lowest BCUT2D eigenvalue weighted by Gasteiger charge is -2.13. The second kappa shape index (κ2) is 7.78. The monoisotopic (exact) mass is 426 g/mol. The van der Waals surface area contributed by atoms with E-state index >= 15 is 0 Å². The molecule has 2 aromatic carbocycles. The van der Waals surface area contributed by atoms with Crippen LogP contribution in [0.15, 0.2) is 59.6 Å². The van der Waals surface area contributed by atoms with Gasteiger partial charge in [-0.1, -0.05) is 24.3 Å². The molecule has 0 bridgehead atoms. The molecule has 10 heteroatoms. The molecule has 0 aliphatic heterocycles. The Labute approximate surface area is 163 Å². The van der Waals surface area contributed by atoms with Crippen LogP contribution in [0, 0.1) is 5.82 Å². The van der Waals surface area contributed by atoms with Crippen molar-refractivity contribution in [2.45, 2.75) is 17.7 Å². The van der Waals surface area contributed by atoms with Crippen molar-refractivity contribution in [3.05, 3.63) is 71.7 Å². The molecule has 5 nitrogen and oxygen atoms in total. The smallest absolute Gasteiger partial charge is 0.419 e. The number of rotatable bonds is 5. The number of ether oxygens (including phenoxy) is 1. The largest absolute Gasteiger partial charge is 0.459 e. The van der Waals surface area contributed by atoms with E-state index in [1.54, 1.807) is 0 Å². The molecule has 0 N–H and O–H groups in total. The van der Waals surface area contributed by atoms with Gasteiger partial charge in [-0.2, -0.15) is 18.2 Å². The molecule has 0 unspecified atom stereocenters. The van der Waals surface area contributed by atoms with Crippen molar-refractivity contribution in [2.75, 3.05) is 6.26 Å². The van der Waals surface area contributed by atoms with Crippen molar-refractivity contribution in [3.8, 4) is 17.3 Å². The third-order valence-electron chi connectivity index (χ3n) is 3.91. The summed E-state index contributed by atoms with van der Waals surface area (Å²) in [5, 5.41) is 0. The molecule has 29 heavy (non-hydrogen) atoms. The molecular formula is C19H14F4N2O3S. The standard InChI is InChI=1S/C19H14F4N2O3S/c1-29(26,27)15-8-4-13(5-9-15)17-16(19(21,22)23)10-24-18(25-17)28-11-12-2-6-14(20)7-3-12/h2-10H,11H2,1H3. The summed E-state index contributed by atoms with van der Waals surface area (Å²) in [6, 6.07) is 9.94. The normalized spacial score (nSPS) is 12.0. The topological polar surface area (TPSA) is 69.2 Å². The highest BCUT2D eigenvalue weighted by Crippen LogP contribution is 2.36. The highest BCUT2D eigenvalue weighted by molar-refractivity contribution is 7.90. The average molecular weight is 426 g/mol. The van der Waals surface area contributed by atoms with Gasteiger partial charge in [-0.15, -0.1) is 0 Å². The number of hydrogen-bond acceptors (Lipinski definition) is 5. The van der Waals surface area contributed by atoms with Crippen molar-refractivity contribution in [2.24, 2.45) is 0 Å². The van der Waals surface area contributed by atoms with E-state index in [0.29, 0.717) is 11.8 Å². The molecule has 0 spiro atoms. The summed E-state index contributed by atoms with van der Waals surface area (Å²) in [6.07, 6.45) is -3.12. The summed E-state index contributed by atoms with van der Waals surface area (Å²) >= 11 is 0. The Morgan fingerprint density at radius 1 is 1.00 bits per heavy atom. The first-order valence-electron chi connectivity index (χ1n) is 8.16. The van der Waals surface area contributed by atoms with Gasteiger partial charge < -0.3 is 4.74 Å². The van der Waals surface area contributed by atoms with E-state index < -0.39 is 33.1 Å². The zero-order valence-corrected chi connectivity index (χ0v) is 15.8. The van der Waals surface area contributed by atoms with Crippen LogP contribution in [-0.4, -0.2) is 24.6 Å². The Bertz CT molecular complexity index is 1110. The molecule has 0 aliphatic carbocycles. The minimum Gasteiger partial charge on any atom is -0.459 e. The third-order valence-corrected chi connectivity index (χ3v) is 5.04. The number of sulfone groups is 1. The molecule has 1 heterocycles. The van der Waals surface area contributed by atoms with Crippen molar-refractivity contribution in [1.82, 2.24) is 9.97 Å². The molecule has 1 aromatic heterocycles. The summed E-state index contributed by atoms with van der Waals surface area (Å²) in [5.74, 6) is -0.431. The number of alkyl halides is 3. The maximum absolute atomic E-state index is 13.4. The molecule has 0 radical (unpaired) electrons. The molecule has 0 atom stereocenters. The van der Waals surface area contributed by atoms with Crippen LogP contribution in [0.4, 0.5) is 17.6 Å². The molecule has 0 saturated heterocycles. The number of aromatic nitrogens is 2. The minimum absolute atomic E-state index is 0.0309. The molecule has 0 fully saturated rings. The Balaban J connectivity index is 1.95. The number of benzene rings is 2. The Hall–Kier alpha value is -3.01. The summed E-state index contributed by atoms with van der Waals surface area (Å²) in [5.41, 5.74) is -0.895. The van der Waals surface area contributed by atoms with Gasteiger partial charge in [-0.25, -0.2) is 17.8 Å². The Morgan fingerprint density at radius 3 is 2.17 bits per heavy atom. The lowest BCUT2D eigenvalue weighted by molar-refractivity contribution is -0.137. The molecular weight excluding hydrogens is 412 g/mol. The molecule has 152 valence electrons. The number of hydrogen-bond donors (Lipinski definition) is 0. The SMILES string of the molecule is CS(=O)(=O)c1ccc(-c2nc(OCc3ccc(F)cc3)ncc2C(F)(F)F)cc1. The zero-order valence-electron chi connectivity index (χ0n) is 14.9. The quantitative estimate of drug-likeness (QED) is 0.570. The second-order valence-electron chi connectivity index (χ2n) is 6.12. The predicted molar refractivity (Wildman–Crippen MR) is 96.3 cm³/mol. The molecule has 3 aromatic rings. The van der Waals surface area contributed by atoms with Crippen LogP contribution in [0.2, 0.25) is 0 Å². The highest BCUT2D eigenvalue weighted by Gasteiger charge is 2.35. The van der Waals surface area contributed by atoms with E-state index in [9.17, 15) is 26.0 Å². The van der Waals surface area contributed by atoms with Gasteiger partial charge in [0.25, 0.3) is 0 Å². The lowest BCUT2D eigenvalue weighted by Crippen LogP contribution is -2.11. The first-order valence-corrected chi connectivity index (χ1v) is 10.0. The molecule has 3 rings (SSSR count). The molecule has 0 amide bonds. The van der Waals surface area contributed by atoms with Gasteiger partial charge in [0.05, 0.1) is 10.6 Å². The van der Waals surface area contributed by atoms with Crippen LogP contribution < -0.4 is 4.74 Å². The van der Waals surface area contributed by atoms with Crippen LogP contribution in [0.3, 0.4) is 0 Å². The van der Waals surface area contributed by atoms with Crippen molar-refractivity contribution >= 4 is 9.84 Å². The van der Waals surface area contributed by atoms with Gasteiger partial charge in [-0.3, -0.25) is 0 Å². The predicted octanol–water partition coefficient (Wildman–Crippen LogP) is 4.28. The summed E-state index contributed by atoms with van der Waals surface area (Å²) < 4.78 is 81.5. The Morgan fingerprint density at radius 2 is 1.62 bits per heavy atom. The van der Waals surface area contributed by atoms with E-state index in [1.807, 2.05) is 0 Å². The fourth-order valence-electron chi connectivity index (χ4n) is 2.45. The van der Waals surface area contributed by atoms with Gasteiger partial charge in [-0.05, 0) is 29.8 Å². The van der Waals surface area contributed by atoms with E-state index in [4.69, 9.17) is 4.74 Å². The van der Waals surface area contributed by atoms with Gasteiger partial charge >= 0.3 is 12.2 Å². The van der Waals surface area contributed by atoms with Crippen molar-refractivity contribution < 1.29 is 30.7 Å². The van der Waals surface area contributed by atoms with E-state index in [1.165, 1.54) is 48.5 Å². The van der Waals surface area contributed by atoms with Crippen LogP contribution >= 0.6 is 0 Å². The number of halogens is 4. The maximum Gasteiger partial charge on any atom is 0.419 e. The van der Waals surface area contributed by atoms with Gasteiger partial charge in [0, 0.05) is 18.0 Å². The summed E-state index contributed by atoms with van der Waals surface area (Å²) in [6.45, 7) is -0.0713. The van der Waals surface area contributed by atoms with Gasteiger partial charge in [0.1, 0.15) is 18.0 Å². The average Bonchev–Trinajstić information content (AvgIpc) is 2.66. The second-order valence-corrected chi connectivity index (χ2v) is 8.14. The maximum atomic E-state index is 13.4. The lowest BCUT2D eigenvalue weighted by atomic mass is 10.1. The summed E-state index contributed by atoms with van der Waals surface area (Å²) in [7, 11) is -3.50. The van der Waals surface area contributed by atoms with Gasteiger partial charge in [0.15, 0.2) is 9.84 Å². The van der Waals surface area contributed by atoms with Crippen molar-refractivity contribution in [1.29, 1.82) is 0 Å². The van der Waals surface area contributed by atoms with E-state index in [-0.39, 0.29) is 23.1 Å². The minimum atomic E-state index is -4.72. The zero-order chi connectivity index (χ0) is 21.2. The fourth-order valence-corrected chi connectivity index (χ4v) is 3.08. The van der Waals surface area contributed by atoms with Gasteiger partial charge in [0.2, 0.25) is 0 Å². The van der Waals surface area contributed by atoms with E-state index in [0.717, 1.165) is 6.26 Å².